The lowest BCUT2D eigenvalue weighted by Crippen LogP contribution is -2.46. The lowest BCUT2D eigenvalue weighted by molar-refractivity contribution is -0.128. The Morgan fingerprint density at radius 2 is 1.74 bits per heavy atom. The fraction of sp³-hybridized carbons (Fsp3) is 0.407. The Bertz CT molecular complexity index is 1140. The second-order valence-electron chi connectivity index (χ2n) is 9.34. The van der Waals surface area contributed by atoms with Crippen LogP contribution in [-0.2, 0) is 11.3 Å². The van der Waals surface area contributed by atoms with Crippen LogP contribution in [0.2, 0.25) is 0 Å². The summed E-state index contributed by atoms with van der Waals surface area (Å²) in [5, 5.41) is 3.01. The normalized spacial score (nSPS) is 21.3. The molecular weight excluding hydrogens is 444 g/mol. The van der Waals surface area contributed by atoms with Crippen LogP contribution in [0.15, 0.2) is 59.8 Å². The maximum Gasteiger partial charge on any atom is 0.322 e. The predicted octanol–water partition coefficient (Wildman–Crippen LogP) is 3.16. The van der Waals surface area contributed by atoms with E-state index in [9.17, 15) is 9.59 Å². The van der Waals surface area contributed by atoms with Gasteiger partial charge in [0, 0.05) is 38.3 Å². The molecule has 1 saturated heterocycles. The summed E-state index contributed by atoms with van der Waals surface area (Å²) in [6.07, 6.45) is 1.83. The Morgan fingerprint density at radius 3 is 2.43 bits per heavy atom. The number of nitrogens with one attached hydrogen (secondary N) is 1. The van der Waals surface area contributed by atoms with Crippen molar-refractivity contribution >= 4 is 11.9 Å². The molecule has 2 aromatic carbocycles. The van der Waals surface area contributed by atoms with E-state index in [1.807, 2.05) is 17.0 Å². The third-order valence-corrected chi connectivity index (χ3v) is 7.38. The van der Waals surface area contributed by atoms with Crippen LogP contribution < -0.4 is 14.8 Å². The van der Waals surface area contributed by atoms with E-state index in [-0.39, 0.29) is 18.0 Å². The number of piperidine rings is 1. The van der Waals surface area contributed by atoms with Crippen LogP contribution in [0, 0.1) is 0 Å². The standard InChI is InChI=1S/C27H32N4O4/c1-29-22-17-31(19-11-13-30(14-12-19)16-18-7-5-4-6-8-18)26(32)24(22)25(28-27(29)33)21-15-20(34-2)9-10-23(21)35-3/h4-10,15,19,25H,11-14,16-17H2,1-3H3,(H,28,33). The van der Waals surface area contributed by atoms with E-state index in [0.29, 0.717) is 29.2 Å². The van der Waals surface area contributed by atoms with Gasteiger partial charge in [0.2, 0.25) is 0 Å². The molecule has 35 heavy (non-hydrogen) atoms. The van der Waals surface area contributed by atoms with Gasteiger partial charge in [0.1, 0.15) is 11.5 Å². The number of hydrogen-bond donors (Lipinski definition) is 1. The van der Waals surface area contributed by atoms with Crippen molar-refractivity contribution in [3.05, 3.63) is 70.9 Å². The smallest absolute Gasteiger partial charge is 0.322 e. The van der Waals surface area contributed by atoms with Crippen LogP contribution in [-0.4, -0.2) is 73.6 Å². The summed E-state index contributed by atoms with van der Waals surface area (Å²) >= 11 is 0. The Balaban J connectivity index is 1.35. The van der Waals surface area contributed by atoms with E-state index < -0.39 is 6.04 Å². The van der Waals surface area contributed by atoms with Gasteiger partial charge in [-0.1, -0.05) is 30.3 Å². The van der Waals surface area contributed by atoms with Gasteiger partial charge in [-0.2, -0.15) is 0 Å². The Morgan fingerprint density at radius 1 is 1.00 bits per heavy atom. The zero-order valence-electron chi connectivity index (χ0n) is 20.5. The number of likely N-dealkylation sites (N-methyl/N-ethyl adjacent to an activating group) is 1. The van der Waals surface area contributed by atoms with Crippen LogP contribution >= 0.6 is 0 Å². The highest BCUT2D eigenvalue weighted by molar-refractivity contribution is 6.01. The second-order valence-corrected chi connectivity index (χ2v) is 9.34. The highest BCUT2D eigenvalue weighted by Crippen LogP contribution is 2.41. The summed E-state index contributed by atoms with van der Waals surface area (Å²) in [5.74, 6) is 1.24. The summed E-state index contributed by atoms with van der Waals surface area (Å²) in [6.45, 7) is 3.25. The molecule has 0 radical (unpaired) electrons. The zero-order valence-corrected chi connectivity index (χ0v) is 20.5. The fourth-order valence-corrected chi connectivity index (χ4v) is 5.41. The van der Waals surface area contributed by atoms with Crippen molar-refractivity contribution in [3.63, 3.8) is 0 Å². The molecule has 184 valence electrons. The summed E-state index contributed by atoms with van der Waals surface area (Å²) in [5.41, 5.74) is 3.40. The number of amides is 3. The van der Waals surface area contributed by atoms with Crippen molar-refractivity contribution in [1.29, 1.82) is 0 Å². The first-order chi connectivity index (χ1) is 17.0. The average molecular weight is 477 g/mol. The molecule has 8 heteroatoms. The number of benzene rings is 2. The average Bonchev–Trinajstić information content (AvgIpc) is 3.24. The molecule has 1 unspecified atom stereocenters. The van der Waals surface area contributed by atoms with Gasteiger partial charge in [-0.25, -0.2) is 4.79 Å². The van der Waals surface area contributed by atoms with Gasteiger partial charge in [0.15, 0.2) is 0 Å². The van der Waals surface area contributed by atoms with Crippen molar-refractivity contribution in [2.45, 2.75) is 31.5 Å². The molecule has 3 aliphatic heterocycles. The second kappa shape index (κ2) is 9.62. The number of carbonyl (C=O) groups excluding carboxylic acids is 2. The van der Waals surface area contributed by atoms with Gasteiger partial charge in [-0.15, -0.1) is 0 Å². The molecule has 1 N–H and O–H groups in total. The lowest BCUT2D eigenvalue weighted by atomic mass is 9.94. The number of ether oxygens (including phenoxy) is 2. The minimum atomic E-state index is -0.589. The van der Waals surface area contributed by atoms with E-state index in [4.69, 9.17) is 9.47 Å². The summed E-state index contributed by atoms with van der Waals surface area (Å²) in [6, 6.07) is 15.3. The highest BCUT2D eigenvalue weighted by atomic mass is 16.5. The molecule has 0 aromatic heterocycles. The van der Waals surface area contributed by atoms with E-state index in [1.54, 1.807) is 38.3 Å². The third kappa shape index (κ3) is 4.34. The molecule has 1 fully saturated rings. The lowest BCUT2D eigenvalue weighted by Gasteiger charge is -2.37. The zero-order chi connectivity index (χ0) is 24.5. The monoisotopic (exact) mass is 476 g/mol. The first-order valence-corrected chi connectivity index (χ1v) is 12.1. The van der Waals surface area contributed by atoms with Crippen LogP contribution in [0.1, 0.15) is 30.0 Å². The fourth-order valence-electron chi connectivity index (χ4n) is 5.41. The topological polar surface area (TPSA) is 74.3 Å². The molecule has 0 spiro atoms. The van der Waals surface area contributed by atoms with Crippen LogP contribution in [0.5, 0.6) is 11.5 Å². The van der Waals surface area contributed by atoms with Gasteiger partial charge < -0.3 is 19.7 Å². The maximum atomic E-state index is 13.8. The third-order valence-electron chi connectivity index (χ3n) is 7.38. The molecule has 3 aliphatic rings. The number of nitrogens with zero attached hydrogens (tertiary/aromatic N) is 3. The van der Waals surface area contributed by atoms with Crippen molar-refractivity contribution in [2.75, 3.05) is 40.9 Å². The van der Waals surface area contributed by atoms with E-state index in [1.165, 1.54) is 5.56 Å². The molecule has 1 atom stereocenters. The number of hydrogen-bond acceptors (Lipinski definition) is 5. The molecule has 3 heterocycles. The number of methoxy groups -OCH3 is 2. The van der Waals surface area contributed by atoms with Gasteiger partial charge in [-0.05, 0) is 36.6 Å². The minimum Gasteiger partial charge on any atom is -0.497 e. The Hall–Kier alpha value is -3.52. The largest absolute Gasteiger partial charge is 0.497 e. The summed E-state index contributed by atoms with van der Waals surface area (Å²) in [7, 11) is 4.91. The molecule has 5 rings (SSSR count). The first-order valence-electron chi connectivity index (χ1n) is 12.1. The van der Waals surface area contributed by atoms with Crippen molar-refractivity contribution < 1.29 is 19.1 Å². The predicted molar refractivity (Wildman–Crippen MR) is 132 cm³/mol. The molecule has 0 bridgehead atoms. The molecule has 3 amide bonds. The van der Waals surface area contributed by atoms with E-state index in [0.717, 1.165) is 38.2 Å². The molecule has 0 aliphatic carbocycles. The quantitative estimate of drug-likeness (QED) is 0.693. The van der Waals surface area contributed by atoms with Gasteiger partial charge >= 0.3 is 6.03 Å². The summed E-state index contributed by atoms with van der Waals surface area (Å²) in [4.78, 5) is 32.6. The van der Waals surface area contributed by atoms with Crippen LogP contribution in [0.4, 0.5) is 4.79 Å². The molecule has 0 saturated carbocycles. The molecule has 2 aromatic rings. The van der Waals surface area contributed by atoms with E-state index >= 15 is 0 Å². The summed E-state index contributed by atoms with van der Waals surface area (Å²) < 4.78 is 11.0. The van der Waals surface area contributed by atoms with Gasteiger partial charge in [0.25, 0.3) is 5.91 Å². The molecule has 8 nitrogen and oxygen atoms in total. The number of likely N-dealkylation sites (tertiary alicyclic amines) is 1. The minimum absolute atomic E-state index is 0.0109. The SMILES string of the molecule is COc1ccc(OC)c(C2NC(=O)N(C)C3=C2C(=O)N(C2CCN(Cc4ccccc4)CC2)C3)c1. The maximum absolute atomic E-state index is 13.8. The Labute approximate surface area is 206 Å². The van der Waals surface area contributed by atoms with Crippen LogP contribution in [0.25, 0.3) is 0 Å². The van der Waals surface area contributed by atoms with Gasteiger partial charge in [-0.3, -0.25) is 14.6 Å². The Kier molecular flexibility index (Phi) is 6.38. The molecular formula is C27H32N4O4. The van der Waals surface area contributed by atoms with Crippen molar-refractivity contribution in [1.82, 2.24) is 20.0 Å². The van der Waals surface area contributed by atoms with Crippen molar-refractivity contribution in [2.24, 2.45) is 0 Å². The highest BCUT2D eigenvalue weighted by Gasteiger charge is 2.46. The van der Waals surface area contributed by atoms with Crippen LogP contribution in [0.3, 0.4) is 0 Å². The van der Waals surface area contributed by atoms with Crippen molar-refractivity contribution in [3.8, 4) is 11.5 Å². The number of urea groups is 1. The number of carbonyl (C=O) groups is 2. The van der Waals surface area contributed by atoms with E-state index in [2.05, 4.69) is 34.5 Å². The van der Waals surface area contributed by atoms with Gasteiger partial charge in [0.05, 0.1) is 38.1 Å². The first kappa shape index (κ1) is 23.2. The number of rotatable bonds is 6.